The summed E-state index contributed by atoms with van der Waals surface area (Å²) in [6, 6.07) is 11.2. The number of primary amides is 1. The van der Waals surface area contributed by atoms with Crippen molar-refractivity contribution in [1.82, 2.24) is 9.80 Å². The molecule has 3 aliphatic carbocycles. The summed E-state index contributed by atoms with van der Waals surface area (Å²) >= 11 is 0. The molecule has 2 aromatic rings. The van der Waals surface area contributed by atoms with Crippen LogP contribution in [0.3, 0.4) is 0 Å². The van der Waals surface area contributed by atoms with Gasteiger partial charge >= 0.3 is 0 Å². The molecule has 44 heavy (non-hydrogen) atoms. The summed E-state index contributed by atoms with van der Waals surface area (Å²) in [5.41, 5.74) is 9.33. The van der Waals surface area contributed by atoms with E-state index >= 15 is 0 Å². The molecule has 5 atom stereocenters. The number of carbonyl (C=O) groups excluding carboxylic acids is 2. The number of benzene rings is 2. The summed E-state index contributed by atoms with van der Waals surface area (Å²) in [4.78, 5) is 31.4. The van der Waals surface area contributed by atoms with Crippen LogP contribution in [0.4, 0.5) is 0 Å². The highest BCUT2D eigenvalue weighted by molar-refractivity contribution is 6.14. The van der Waals surface area contributed by atoms with Gasteiger partial charge in [0, 0.05) is 23.5 Å². The third-order valence-electron chi connectivity index (χ3n) is 10.6. The molecule has 0 fully saturated rings. The zero-order valence-electron chi connectivity index (χ0n) is 27.0. The molecule has 0 aromatic heterocycles. The largest absolute Gasteiger partial charge is 0.512 e. The van der Waals surface area contributed by atoms with Crippen LogP contribution in [-0.2, 0) is 17.8 Å². The quantitative estimate of drug-likeness (QED) is 0.310. The molecule has 0 radical (unpaired) electrons. The second kappa shape index (κ2) is 11.7. The van der Waals surface area contributed by atoms with Gasteiger partial charge in [-0.2, -0.15) is 0 Å². The summed E-state index contributed by atoms with van der Waals surface area (Å²) < 4.78 is 0. The molecule has 0 heterocycles. The predicted octanol–water partition coefficient (Wildman–Crippen LogP) is 5.61. The maximum atomic E-state index is 14.4. The molecule has 0 spiro atoms. The van der Waals surface area contributed by atoms with Crippen LogP contribution in [0.5, 0.6) is 5.75 Å². The predicted molar refractivity (Wildman–Crippen MR) is 172 cm³/mol. The van der Waals surface area contributed by atoms with E-state index in [0.717, 1.165) is 41.8 Å². The minimum atomic E-state index is -1.01. The maximum Gasteiger partial charge on any atom is 0.248 e. The highest BCUT2D eigenvalue weighted by Crippen LogP contribution is 2.60. The Morgan fingerprint density at radius 2 is 1.80 bits per heavy atom. The Morgan fingerprint density at radius 3 is 2.41 bits per heavy atom. The van der Waals surface area contributed by atoms with E-state index in [1.807, 2.05) is 58.0 Å². The number of carbonyl (C=O) groups is 2. The molecule has 236 valence electrons. The van der Waals surface area contributed by atoms with Gasteiger partial charge in [-0.25, -0.2) is 0 Å². The molecule has 4 unspecified atom stereocenters. The molecule has 0 aliphatic heterocycles. The number of likely N-dealkylation sites (N-methyl/N-ethyl adjacent to an activating group) is 1. The molecule has 2 aromatic carbocycles. The van der Waals surface area contributed by atoms with Crippen molar-refractivity contribution in [3.63, 3.8) is 0 Å². The fourth-order valence-electron chi connectivity index (χ4n) is 8.50. The first-order valence-corrected chi connectivity index (χ1v) is 15.7. The van der Waals surface area contributed by atoms with Crippen molar-refractivity contribution in [1.29, 1.82) is 0 Å². The van der Waals surface area contributed by atoms with Gasteiger partial charge in [-0.1, -0.05) is 52.0 Å². The van der Waals surface area contributed by atoms with E-state index < -0.39 is 23.3 Å². The van der Waals surface area contributed by atoms with Gasteiger partial charge in [0.25, 0.3) is 0 Å². The van der Waals surface area contributed by atoms with Crippen LogP contribution in [0, 0.1) is 29.1 Å². The molecule has 0 bridgehead atoms. The molecule has 0 saturated carbocycles. The summed E-state index contributed by atoms with van der Waals surface area (Å²) in [6.07, 6.45) is 2.05. The Morgan fingerprint density at radius 1 is 1.09 bits per heavy atom. The first-order valence-electron chi connectivity index (χ1n) is 15.7. The lowest BCUT2D eigenvalue weighted by atomic mass is 9.50. The number of amides is 1. The summed E-state index contributed by atoms with van der Waals surface area (Å²) in [6.45, 7) is 9.70. The molecular weight excluding hydrogens is 554 g/mol. The first-order chi connectivity index (χ1) is 20.7. The van der Waals surface area contributed by atoms with E-state index in [-0.39, 0.29) is 51.9 Å². The van der Waals surface area contributed by atoms with Crippen LogP contribution >= 0.6 is 0 Å². The number of Topliss-reactive ketones (excluding diaryl/α,β-unsaturated/α-hetero) is 1. The second-order valence-electron chi connectivity index (χ2n) is 13.8. The van der Waals surface area contributed by atoms with Gasteiger partial charge in [-0.05, 0) is 99.1 Å². The molecule has 8 nitrogen and oxygen atoms in total. The van der Waals surface area contributed by atoms with E-state index in [0.29, 0.717) is 18.4 Å². The lowest BCUT2D eigenvalue weighted by Gasteiger charge is -2.55. The van der Waals surface area contributed by atoms with Gasteiger partial charge in [0.1, 0.15) is 17.3 Å². The molecule has 1 amide bonds. The van der Waals surface area contributed by atoms with Crippen molar-refractivity contribution < 1.29 is 24.9 Å². The van der Waals surface area contributed by atoms with Crippen molar-refractivity contribution in [2.75, 3.05) is 27.7 Å². The number of aliphatic hydroxyl groups excluding tert-OH is 2. The summed E-state index contributed by atoms with van der Waals surface area (Å²) in [7, 11) is 5.78. The number of phenolic OH excluding ortho intramolecular Hbond substituents is 1. The Bertz CT molecular complexity index is 1560. The zero-order chi connectivity index (χ0) is 32.2. The van der Waals surface area contributed by atoms with Gasteiger partial charge in [-0.15, -0.1) is 0 Å². The van der Waals surface area contributed by atoms with Crippen LogP contribution in [-0.4, -0.2) is 70.5 Å². The number of allylic oxidation sites excluding steroid dienone is 2. The average Bonchev–Trinajstić information content (AvgIpc) is 2.92. The molecule has 8 heteroatoms. The zero-order valence-corrected chi connectivity index (χ0v) is 27.0. The number of aromatic hydroxyl groups is 1. The Hall–Kier alpha value is -3.62. The summed E-state index contributed by atoms with van der Waals surface area (Å²) in [5.74, 6) is -2.72. The maximum absolute atomic E-state index is 14.4. The highest BCUT2D eigenvalue weighted by atomic mass is 16.3. The molecular formula is C36H47N3O5. The van der Waals surface area contributed by atoms with E-state index in [4.69, 9.17) is 5.73 Å². The van der Waals surface area contributed by atoms with Gasteiger partial charge in [0.05, 0.1) is 17.2 Å². The third kappa shape index (κ3) is 4.92. The third-order valence-corrected chi connectivity index (χ3v) is 10.6. The van der Waals surface area contributed by atoms with Gasteiger partial charge < -0.3 is 26.0 Å². The standard InChI is InChI=1S/C36H47N3O5/c1-8-14-39(7)18-20-10-9-11-21(15-20)23-12-13-26(40)28-24(23)16-22-17-25-29(33(42)27(22)32(28)41)36(4,19(2)3)30(35(37)44)34(43)31(25)38(5)6/h9-13,15,19,22,25,29,31,40,42-43H,8,14,16-18H2,1-7H3,(H2,37,44)/t22?,25?,29?,31-,36?/m0/s1. The smallest absolute Gasteiger partial charge is 0.248 e. The van der Waals surface area contributed by atoms with Crippen molar-refractivity contribution in [3.8, 4) is 16.9 Å². The van der Waals surface area contributed by atoms with Gasteiger partial charge in [0.2, 0.25) is 5.91 Å². The van der Waals surface area contributed by atoms with E-state index in [9.17, 15) is 24.9 Å². The van der Waals surface area contributed by atoms with Crippen LogP contribution in [0.15, 0.2) is 59.1 Å². The van der Waals surface area contributed by atoms with Crippen molar-refractivity contribution in [2.24, 2.45) is 34.8 Å². The lowest BCUT2D eigenvalue weighted by molar-refractivity contribution is -0.118. The Labute approximate surface area is 260 Å². The second-order valence-corrected chi connectivity index (χ2v) is 13.8. The van der Waals surface area contributed by atoms with Gasteiger partial charge in [-0.3, -0.25) is 14.5 Å². The number of nitrogens with zero attached hydrogens (tertiary/aromatic N) is 2. The number of ketones is 1. The monoisotopic (exact) mass is 601 g/mol. The summed E-state index contributed by atoms with van der Waals surface area (Å²) in [5, 5.41) is 34.7. The van der Waals surface area contributed by atoms with E-state index in [1.165, 1.54) is 0 Å². The lowest BCUT2D eigenvalue weighted by Crippen LogP contribution is -2.57. The Balaban J connectivity index is 1.66. The fourth-order valence-corrected chi connectivity index (χ4v) is 8.50. The number of rotatable bonds is 8. The number of phenols is 1. The van der Waals surface area contributed by atoms with Crippen LogP contribution in [0.1, 0.15) is 62.0 Å². The number of aliphatic hydroxyl groups is 2. The van der Waals surface area contributed by atoms with Crippen LogP contribution < -0.4 is 5.73 Å². The van der Waals surface area contributed by atoms with Crippen LogP contribution in [0.25, 0.3) is 11.1 Å². The van der Waals surface area contributed by atoms with Crippen molar-refractivity contribution in [2.45, 2.75) is 59.5 Å². The SMILES string of the molecule is CCCN(C)Cc1cccc(-c2ccc(O)c3c2CC2CC4C(C(O)=C2C3=O)C(C)(C(C)C)C(C(N)=O)=C(O)[C@H]4N(C)C)c1. The number of nitrogens with two attached hydrogens (primary N) is 1. The number of hydrogen-bond acceptors (Lipinski definition) is 7. The normalized spacial score (nSPS) is 26.7. The average molecular weight is 602 g/mol. The molecule has 5 rings (SSSR count). The topological polar surface area (TPSA) is 127 Å². The highest BCUT2D eigenvalue weighted by Gasteiger charge is 2.60. The van der Waals surface area contributed by atoms with E-state index in [2.05, 4.69) is 31.0 Å². The van der Waals surface area contributed by atoms with E-state index in [1.54, 1.807) is 6.07 Å². The number of fused-ring (bicyclic) bond motifs is 3. The Kier molecular flexibility index (Phi) is 8.46. The van der Waals surface area contributed by atoms with Crippen molar-refractivity contribution in [3.05, 3.63) is 75.8 Å². The molecule has 5 N–H and O–H groups in total. The minimum Gasteiger partial charge on any atom is -0.512 e. The fraction of sp³-hybridized carbons (Fsp3) is 0.500. The van der Waals surface area contributed by atoms with Crippen LogP contribution in [0.2, 0.25) is 0 Å². The number of hydrogen-bond donors (Lipinski definition) is 4. The first kappa shape index (κ1) is 31.8. The van der Waals surface area contributed by atoms with Gasteiger partial charge in [0.15, 0.2) is 5.78 Å². The molecule has 3 aliphatic rings. The minimum absolute atomic E-state index is 0.0537. The molecule has 0 saturated heterocycles. The van der Waals surface area contributed by atoms with Crippen molar-refractivity contribution >= 4 is 11.7 Å².